The fourth-order valence-corrected chi connectivity index (χ4v) is 10.0. The molecule has 1 heterocycles. The summed E-state index contributed by atoms with van der Waals surface area (Å²) >= 11 is 0. The van der Waals surface area contributed by atoms with Gasteiger partial charge in [0.05, 0.1) is 25.4 Å². The molecule has 1 amide bonds. The van der Waals surface area contributed by atoms with Gasteiger partial charge in [0.15, 0.2) is 6.29 Å². The Hall–Kier alpha value is -2.89. The molecule has 1 aliphatic rings. The van der Waals surface area contributed by atoms with Crippen LogP contribution in [-0.4, -0.2) is 87.5 Å². The Balaban J connectivity index is 2.18. The summed E-state index contributed by atoms with van der Waals surface area (Å²) in [5.41, 5.74) is 0. The van der Waals surface area contributed by atoms with E-state index in [-0.39, 0.29) is 12.5 Å². The number of unbranched alkanes of at least 4 members (excludes halogenated alkanes) is 32. The largest absolute Gasteiger partial charge is 0.394 e. The van der Waals surface area contributed by atoms with Gasteiger partial charge in [-0.1, -0.05) is 297 Å². The first-order valence-electron chi connectivity index (χ1n) is 33.0. The quantitative estimate of drug-likeness (QED) is 0.0261. The maximum absolute atomic E-state index is 13.1. The predicted molar refractivity (Wildman–Crippen MR) is 336 cm³/mol. The summed E-state index contributed by atoms with van der Waals surface area (Å²) in [6.45, 7) is 3.69. The number of aliphatic hydroxyl groups excluding tert-OH is 5. The van der Waals surface area contributed by atoms with Gasteiger partial charge in [0.2, 0.25) is 5.91 Å². The molecule has 79 heavy (non-hydrogen) atoms. The first kappa shape index (κ1) is 74.1. The van der Waals surface area contributed by atoms with Crippen LogP contribution in [0.5, 0.6) is 0 Å². The Morgan fingerprint density at radius 2 is 0.785 bits per heavy atom. The van der Waals surface area contributed by atoms with E-state index in [0.29, 0.717) is 6.42 Å². The summed E-state index contributed by atoms with van der Waals surface area (Å²) < 4.78 is 11.3. The van der Waals surface area contributed by atoms with Crippen molar-refractivity contribution in [2.45, 2.75) is 326 Å². The van der Waals surface area contributed by atoms with E-state index in [1.54, 1.807) is 6.08 Å². The van der Waals surface area contributed by atoms with Gasteiger partial charge in [0.25, 0.3) is 0 Å². The zero-order chi connectivity index (χ0) is 57.2. The molecule has 0 aromatic rings. The summed E-state index contributed by atoms with van der Waals surface area (Å²) in [4.78, 5) is 13.1. The summed E-state index contributed by atoms with van der Waals surface area (Å²) in [6.07, 6.45) is 77.7. The molecule has 0 bridgehead atoms. The van der Waals surface area contributed by atoms with Crippen LogP contribution >= 0.6 is 0 Å². The smallest absolute Gasteiger partial charge is 0.220 e. The maximum atomic E-state index is 13.1. The fraction of sp³-hybridized carbons (Fsp3) is 0.757. The van der Waals surface area contributed by atoms with E-state index in [1.807, 2.05) is 6.08 Å². The van der Waals surface area contributed by atoms with Crippen molar-refractivity contribution in [2.24, 2.45) is 0 Å². The van der Waals surface area contributed by atoms with Crippen LogP contribution in [0.4, 0.5) is 0 Å². The molecule has 456 valence electrons. The lowest BCUT2D eigenvalue weighted by atomic mass is 9.99. The van der Waals surface area contributed by atoms with Crippen molar-refractivity contribution in [3.8, 4) is 0 Å². The van der Waals surface area contributed by atoms with Crippen LogP contribution in [0.25, 0.3) is 0 Å². The normalized spacial score (nSPS) is 19.2. The molecule has 9 heteroatoms. The zero-order valence-corrected chi connectivity index (χ0v) is 50.9. The van der Waals surface area contributed by atoms with Crippen molar-refractivity contribution in [2.75, 3.05) is 13.2 Å². The minimum Gasteiger partial charge on any atom is -0.394 e. The highest BCUT2D eigenvalue weighted by molar-refractivity contribution is 5.76. The first-order chi connectivity index (χ1) is 38.8. The number of allylic oxidation sites excluding steroid dienone is 15. The Morgan fingerprint density at radius 1 is 0.443 bits per heavy atom. The van der Waals surface area contributed by atoms with Crippen LogP contribution in [0.15, 0.2) is 97.2 Å². The molecule has 7 unspecified atom stereocenters. The molecule has 0 aliphatic carbocycles. The molecular formula is C70H123NO8. The molecule has 7 atom stereocenters. The van der Waals surface area contributed by atoms with Gasteiger partial charge in [0, 0.05) is 6.42 Å². The van der Waals surface area contributed by atoms with E-state index < -0.39 is 49.5 Å². The summed E-state index contributed by atoms with van der Waals surface area (Å²) in [7, 11) is 0. The van der Waals surface area contributed by atoms with Crippen LogP contribution in [0.3, 0.4) is 0 Å². The van der Waals surface area contributed by atoms with Crippen LogP contribution < -0.4 is 5.32 Å². The third-order valence-electron chi connectivity index (χ3n) is 15.2. The Morgan fingerprint density at radius 3 is 1.16 bits per heavy atom. The molecule has 1 fully saturated rings. The molecule has 1 aliphatic heterocycles. The maximum Gasteiger partial charge on any atom is 0.220 e. The molecule has 1 saturated heterocycles. The molecular weight excluding hydrogens is 983 g/mol. The molecule has 9 nitrogen and oxygen atoms in total. The van der Waals surface area contributed by atoms with Crippen LogP contribution in [-0.2, 0) is 14.3 Å². The molecule has 1 rings (SSSR count). The summed E-state index contributed by atoms with van der Waals surface area (Å²) in [5, 5.41) is 54.7. The number of amides is 1. The van der Waals surface area contributed by atoms with Gasteiger partial charge in [-0.25, -0.2) is 0 Å². The second kappa shape index (κ2) is 58.3. The van der Waals surface area contributed by atoms with Crippen molar-refractivity contribution in [3.63, 3.8) is 0 Å². The topological polar surface area (TPSA) is 149 Å². The van der Waals surface area contributed by atoms with Gasteiger partial charge in [-0.05, 0) is 77.0 Å². The van der Waals surface area contributed by atoms with Gasteiger partial charge >= 0.3 is 0 Å². The number of hydrogen-bond acceptors (Lipinski definition) is 8. The standard InChI is InChI=1S/C70H123NO8/c1-3-5-7-9-11-13-15-17-19-21-23-25-27-28-29-30-31-32-33-34-35-36-38-40-42-44-46-48-50-52-54-56-58-60-66(74)71-63(62-78-70-69(77)68(76)67(75)65(61-72)79-70)64(73)59-57-55-53-51-49-47-45-43-41-39-37-26-24-22-20-18-16-14-12-10-8-6-4-2/h5,7,11,13,17,19,23,25,28-29,31-32,34-35,57,59,63-65,67-70,72-73,75-77H,3-4,6,8-10,12,14-16,18,20-22,24,26-27,30,33,36-56,58,60-62H2,1-2H3,(H,71,74)/b7-5-,13-11-,19-17-,25-23-,29-28-,32-31-,35-34-,59-57+. The van der Waals surface area contributed by atoms with Crippen molar-refractivity contribution >= 4 is 5.91 Å². The number of ether oxygens (including phenoxy) is 2. The molecule has 0 spiro atoms. The highest BCUT2D eigenvalue weighted by atomic mass is 16.7. The lowest BCUT2D eigenvalue weighted by Gasteiger charge is -2.40. The van der Waals surface area contributed by atoms with E-state index in [0.717, 1.165) is 89.9 Å². The van der Waals surface area contributed by atoms with Gasteiger partial charge in [-0.3, -0.25) is 4.79 Å². The third-order valence-corrected chi connectivity index (χ3v) is 15.2. The van der Waals surface area contributed by atoms with Gasteiger partial charge in [-0.15, -0.1) is 0 Å². The van der Waals surface area contributed by atoms with Crippen LogP contribution in [0.1, 0.15) is 284 Å². The average molecular weight is 1110 g/mol. The van der Waals surface area contributed by atoms with E-state index in [4.69, 9.17) is 9.47 Å². The van der Waals surface area contributed by atoms with Crippen molar-refractivity contribution in [3.05, 3.63) is 97.2 Å². The second-order valence-electron chi connectivity index (χ2n) is 22.5. The SMILES string of the molecule is CC/C=C\C/C=C\C/C=C\C/C=C\C/C=C\C/C=C\C/C=C\CCCCCCCCCCCCCC(=O)NC(COC1OC(CO)C(O)C(O)C1O)C(O)/C=C/CCCCCCCCCCCCCCCCCCCCCCC. The highest BCUT2D eigenvalue weighted by Gasteiger charge is 2.44. The zero-order valence-electron chi connectivity index (χ0n) is 50.9. The molecule has 0 radical (unpaired) electrons. The molecule has 0 aromatic heterocycles. The van der Waals surface area contributed by atoms with Gasteiger partial charge in [-0.2, -0.15) is 0 Å². The van der Waals surface area contributed by atoms with E-state index in [1.165, 1.54) is 173 Å². The summed E-state index contributed by atoms with van der Waals surface area (Å²) in [5.74, 6) is -0.181. The van der Waals surface area contributed by atoms with Crippen molar-refractivity contribution in [1.82, 2.24) is 5.32 Å². The van der Waals surface area contributed by atoms with Crippen molar-refractivity contribution in [1.29, 1.82) is 0 Å². The fourth-order valence-electron chi connectivity index (χ4n) is 10.0. The lowest BCUT2D eigenvalue weighted by molar-refractivity contribution is -0.302. The highest BCUT2D eigenvalue weighted by Crippen LogP contribution is 2.23. The Labute approximate surface area is 485 Å². The number of rotatable bonds is 56. The first-order valence-corrected chi connectivity index (χ1v) is 33.0. The number of nitrogens with one attached hydrogen (secondary N) is 1. The number of hydrogen-bond donors (Lipinski definition) is 6. The van der Waals surface area contributed by atoms with Crippen LogP contribution in [0.2, 0.25) is 0 Å². The monoisotopic (exact) mass is 1110 g/mol. The number of carbonyl (C=O) groups is 1. The Bertz CT molecular complexity index is 1560. The van der Waals surface area contributed by atoms with E-state index >= 15 is 0 Å². The van der Waals surface area contributed by atoms with E-state index in [9.17, 15) is 30.3 Å². The minimum absolute atomic E-state index is 0.181. The van der Waals surface area contributed by atoms with Gasteiger partial charge < -0.3 is 40.3 Å². The van der Waals surface area contributed by atoms with Crippen molar-refractivity contribution < 1.29 is 39.8 Å². The predicted octanol–water partition coefficient (Wildman–Crippen LogP) is 17.5. The van der Waals surface area contributed by atoms with Crippen LogP contribution in [0, 0.1) is 0 Å². The molecule has 0 saturated carbocycles. The minimum atomic E-state index is -1.57. The summed E-state index contributed by atoms with van der Waals surface area (Å²) in [6, 6.07) is -0.814. The second-order valence-corrected chi connectivity index (χ2v) is 22.5. The third kappa shape index (κ3) is 47.3. The number of carbonyl (C=O) groups excluding carboxylic acids is 1. The van der Waals surface area contributed by atoms with E-state index in [2.05, 4.69) is 104 Å². The van der Waals surface area contributed by atoms with Gasteiger partial charge in [0.1, 0.15) is 24.4 Å². The lowest BCUT2D eigenvalue weighted by Crippen LogP contribution is -2.60. The average Bonchev–Trinajstić information content (AvgIpc) is 3.47. The number of aliphatic hydroxyl groups is 5. The molecule has 0 aromatic carbocycles. The Kier molecular flexibility index (Phi) is 54.7. The molecule has 6 N–H and O–H groups in total.